The molecule has 2 heterocycles. The van der Waals surface area contributed by atoms with Crippen molar-refractivity contribution in [3.05, 3.63) is 22.5 Å². The van der Waals surface area contributed by atoms with Gasteiger partial charge in [0.15, 0.2) is 22.6 Å². The van der Waals surface area contributed by atoms with Gasteiger partial charge < -0.3 is 13.9 Å². The molecule has 0 aliphatic carbocycles. The maximum Gasteiger partial charge on any atom is 0.378 e. The Labute approximate surface area is 116 Å². The van der Waals surface area contributed by atoms with Crippen LogP contribution in [0.15, 0.2) is 21.2 Å². The SMILES string of the molecule is COC(=O)c1oc2cc(Br)cnc2c1OCC(C)=O. The highest BCUT2D eigenvalue weighted by molar-refractivity contribution is 9.10. The predicted molar refractivity (Wildman–Crippen MR) is 69.2 cm³/mol. The maximum atomic E-state index is 11.6. The van der Waals surface area contributed by atoms with Crippen molar-refractivity contribution in [2.24, 2.45) is 0 Å². The number of ether oxygens (including phenoxy) is 2. The fourth-order valence-electron chi connectivity index (χ4n) is 1.47. The van der Waals surface area contributed by atoms with Crippen molar-refractivity contribution in [3.63, 3.8) is 0 Å². The molecule has 0 fully saturated rings. The standard InChI is InChI=1S/C12H10BrNO5/c1-6(15)5-18-10-9-8(3-7(13)4-14-9)19-11(10)12(16)17-2/h3-4H,5H2,1-2H3. The van der Waals surface area contributed by atoms with Crippen molar-refractivity contribution in [2.75, 3.05) is 13.7 Å². The first-order chi connectivity index (χ1) is 9.02. The summed E-state index contributed by atoms with van der Waals surface area (Å²) in [6.07, 6.45) is 1.54. The molecule has 0 spiro atoms. The van der Waals surface area contributed by atoms with Crippen molar-refractivity contribution in [2.45, 2.75) is 6.92 Å². The van der Waals surface area contributed by atoms with Gasteiger partial charge in [-0.25, -0.2) is 9.78 Å². The number of pyridine rings is 1. The van der Waals surface area contributed by atoms with Crippen LogP contribution in [0.1, 0.15) is 17.5 Å². The van der Waals surface area contributed by atoms with E-state index in [4.69, 9.17) is 9.15 Å². The van der Waals surface area contributed by atoms with Crippen LogP contribution in [0.2, 0.25) is 0 Å². The van der Waals surface area contributed by atoms with Crippen molar-refractivity contribution in [1.82, 2.24) is 4.98 Å². The van der Waals surface area contributed by atoms with Crippen LogP contribution in [0, 0.1) is 0 Å². The van der Waals surface area contributed by atoms with E-state index in [1.54, 1.807) is 12.3 Å². The van der Waals surface area contributed by atoms with Gasteiger partial charge in [0.2, 0.25) is 0 Å². The molecule has 0 aromatic carbocycles. The Hall–Kier alpha value is -1.89. The Bertz CT molecular complexity index is 649. The monoisotopic (exact) mass is 327 g/mol. The second-order valence-electron chi connectivity index (χ2n) is 3.74. The molecule has 0 radical (unpaired) electrons. The van der Waals surface area contributed by atoms with Gasteiger partial charge in [0.05, 0.1) is 7.11 Å². The number of rotatable bonds is 4. The third kappa shape index (κ3) is 2.76. The van der Waals surface area contributed by atoms with E-state index in [2.05, 4.69) is 25.7 Å². The second kappa shape index (κ2) is 5.40. The van der Waals surface area contributed by atoms with Gasteiger partial charge in [-0.1, -0.05) is 0 Å². The van der Waals surface area contributed by atoms with Crippen LogP contribution in [0.25, 0.3) is 11.1 Å². The minimum absolute atomic E-state index is 0.107. The van der Waals surface area contributed by atoms with Crippen LogP contribution >= 0.6 is 15.9 Å². The van der Waals surface area contributed by atoms with Crippen LogP contribution in [0.5, 0.6) is 5.75 Å². The van der Waals surface area contributed by atoms with E-state index in [-0.39, 0.29) is 23.9 Å². The molecule has 0 bridgehead atoms. The normalized spacial score (nSPS) is 10.5. The lowest BCUT2D eigenvalue weighted by Gasteiger charge is -2.02. The summed E-state index contributed by atoms with van der Waals surface area (Å²) in [6, 6.07) is 1.65. The summed E-state index contributed by atoms with van der Waals surface area (Å²) in [7, 11) is 1.23. The Balaban J connectivity index is 2.54. The zero-order chi connectivity index (χ0) is 14.0. The average molecular weight is 328 g/mol. The van der Waals surface area contributed by atoms with Crippen molar-refractivity contribution in [3.8, 4) is 5.75 Å². The number of carbonyl (C=O) groups excluding carboxylic acids is 2. The number of esters is 1. The van der Waals surface area contributed by atoms with Crippen LogP contribution in [0.3, 0.4) is 0 Å². The minimum atomic E-state index is -0.687. The number of carbonyl (C=O) groups is 2. The summed E-state index contributed by atoms with van der Waals surface area (Å²) in [5, 5.41) is 0. The lowest BCUT2D eigenvalue weighted by atomic mass is 10.3. The molecular formula is C12H10BrNO5. The van der Waals surface area contributed by atoms with E-state index in [0.717, 1.165) is 0 Å². The van der Waals surface area contributed by atoms with Gasteiger partial charge in [0.25, 0.3) is 5.76 Å². The lowest BCUT2D eigenvalue weighted by Crippen LogP contribution is -2.09. The molecule has 0 atom stereocenters. The highest BCUT2D eigenvalue weighted by Crippen LogP contribution is 2.33. The first kappa shape index (κ1) is 13.5. The van der Waals surface area contributed by atoms with Crippen LogP contribution in [0.4, 0.5) is 0 Å². The second-order valence-corrected chi connectivity index (χ2v) is 4.66. The summed E-state index contributed by atoms with van der Waals surface area (Å²) in [6.45, 7) is 1.21. The third-order valence-corrected chi connectivity index (χ3v) is 2.68. The molecule has 0 aliphatic rings. The number of Topliss-reactive ketones (excluding diaryl/α,β-unsaturated/α-hetero) is 1. The molecule has 0 aliphatic heterocycles. The molecule has 2 rings (SSSR count). The van der Waals surface area contributed by atoms with E-state index >= 15 is 0 Å². The maximum absolute atomic E-state index is 11.6. The molecule has 19 heavy (non-hydrogen) atoms. The van der Waals surface area contributed by atoms with Gasteiger partial charge >= 0.3 is 5.97 Å². The number of methoxy groups -OCH3 is 1. The number of fused-ring (bicyclic) bond motifs is 1. The lowest BCUT2D eigenvalue weighted by molar-refractivity contribution is -0.118. The molecule has 2 aromatic heterocycles. The van der Waals surface area contributed by atoms with Gasteiger partial charge in [-0.2, -0.15) is 0 Å². The fraction of sp³-hybridized carbons (Fsp3) is 0.250. The highest BCUT2D eigenvalue weighted by atomic mass is 79.9. The van der Waals surface area contributed by atoms with Gasteiger partial charge in [0, 0.05) is 10.7 Å². The number of nitrogens with zero attached hydrogens (tertiary/aromatic N) is 1. The quantitative estimate of drug-likeness (QED) is 0.802. The number of hydrogen-bond donors (Lipinski definition) is 0. The number of halogens is 1. The van der Waals surface area contributed by atoms with E-state index < -0.39 is 5.97 Å². The summed E-state index contributed by atoms with van der Waals surface area (Å²) < 4.78 is 16.0. The highest BCUT2D eigenvalue weighted by Gasteiger charge is 2.24. The minimum Gasteiger partial charge on any atom is -0.479 e. The zero-order valence-electron chi connectivity index (χ0n) is 10.2. The van der Waals surface area contributed by atoms with Crippen molar-refractivity contribution >= 4 is 38.8 Å². The molecule has 0 amide bonds. The molecule has 6 nitrogen and oxygen atoms in total. The molecule has 0 N–H and O–H groups in total. The van der Waals surface area contributed by atoms with E-state index in [1.807, 2.05) is 0 Å². The topological polar surface area (TPSA) is 78.6 Å². The van der Waals surface area contributed by atoms with Crippen LogP contribution < -0.4 is 4.74 Å². The van der Waals surface area contributed by atoms with Crippen LogP contribution in [-0.4, -0.2) is 30.5 Å². The Kier molecular flexibility index (Phi) is 3.84. The Morgan fingerprint density at radius 3 is 2.84 bits per heavy atom. The third-order valence-electron chi connectivity index (χ3n) is 2.24. The predicted octanol–water partition coefficient (Wildman–Crippen LogP) is 2.34. The molecule has 0 unspecified atom stereocenters. The fourth-order valence-corrected chi connectivity index (χ4v) is 1.78. The summed E-state index contributed by atoms with van der Waals surface area (Å²) in [4.78, 5) is 26.7. The van der Waals surface area contributed by atoms with Gasteiger partial charge in [-0.05, 0) is 28.9 Å². The Morgan fingerprint density at radius 2 is 2.21 bits per heavy atom. The Morgan fingerprint density at radius 1 is 1.47 bits per heavy atom. The van der Waals surface area contributed by atoms with Gasteiger partial charge in [-0.15, -0.1) is 0 Å². The van der Waals surface area contributed by atoms with Crippen molar-refractivity contribution < 1.29 is 23.5 Å². The summed E-state index contributed by atoms with van der Waals surface area (Å²) in [5.41, 5.74) is 0.734. The zero-order valence-corrected chi connectivity index (χ0v) is 11.8. The first-order valence-electron chi connectivity index (χ1n) is 5.31. The molecule has 100 valence electrons. The smallest absolute Gasteiger partial charge is 0.378 e. The molecule has 0 saturated heterocycles. The average Bonchev–Trinajstić information content (AvgIpc) is 2.72. The first-order valence-corrected chi connectivity index (χ1v) is 6.11. The van der Waals surface area contributed by atoms with Crippen molar-refractivity contribution in [1.29, 1.82) is 0 Å². The molecule has 2 aromatic rings. The largest absolute Gasteiger partial charge is 0.479 e. The molecule has 0 saturated carbocycles. The van der Waals surface area contributed by atoms with E-state index in [9.17, 15) is 9.59 Å². The number of aromatic nitrogens is 1. The van der Waals surface area contributed by atoms with Crippen LogP contribution in [-0.2, 0) is 9.53 Å². The van der Waals surface area contributed by atoms with E-state index in [1.165, 1.54) is 14.0 Å². The summed E-state index contributed by atoms with van der Waals surface area (Å²) >= 11 is 3.25. The van der Waals surface area contributed by atoms with Gasteiger partial charge in [-0.3, -0.25) is 4.79 Å². The summed E-state index contributed by atoms with van der Waals surface area (Å²) in [5.74, 6) is -0.858. The molecule has 7 heteroatoms. The number of hydrogen-bond acceptors (Lipinski definition) is 6. The molecular weight excluding hydrogens is 318 g/mol. The number of furan rings is 1. The van der Waals surface area contributed by atoms with Gasteiger partial charge in [0.1, 0.15) is 6.61 Å². The van der Waals surface area contributed by atoms with E-state index in [0.29, 0.717) is 15.6 Å². The number of ketones is 1.